The molecule has 7 heteroatoms. The van der Waals surface area contributed by atoms with E-state index in [0.29, 0.717) is 0 Å². The fourth-order valence-corrected chi connectivity index (χ4v) is 0.475. The number of hydrogen-bond donors (Lipinski definition) is 2. The number of nitrogens with one attached hydrogen (secondary N) is 1. The molecule has 0 aliphatic heterocycles. The first-order chi connectivity index (χ1) is 4.36. The van der Waals surface area contributed by atoms with Crippen molar-refractivity contribution in [3.8, 4) is 0 Å². The quantitative estimate of drug-likeness (QED) is 0.285. The molecule has 0 aromatic heterocycles. The van der Waals surface area contributed by atoms with Crippen molar-refractivity contribution in [2.24, 2.45) is 5.73 Å². The fourth-order valence-electron chi connectivity index (χ4n) is 0.258. The Labute approximate surface area is 66.8 Å². The predicted molar refractivity (Wildman–Crippen MR) is 34.8 cm³/mol. The highest BCUT2D eigenvalue weighted by atomic mass is 35.5. The van der Waals surface area contributed by atoms with Gasteiger partial charge in [-0.2, -0.15) is 0 Å². The largest absolute Gasteiger partial charge is 0.600 e. The normalized spacial score (nSPS) is 11.0. The zero-order valence-corrected chi connectivity index (χ0v) is 6.32. The molecule has 0 aliphatic carbocycles. The van der Waals surface area contributed by atoms with Crippen molar-refractivity contribution >= 4 is 29.1 Å². The van der Waals surface area contributed by atoms with Crippen LogP contribution in [0.15, 0.2) is 0 Å². The Bertz CT molecular complexity index is 169. The molecule has 0 aliphatic rings. The highest BCUT2D eigenvalue weighted by Gasteiger charge is 2.36. The lowest BCUT2D eigenvalue weighted by molar-refractivity contribution is -0.551. The van der Waals surface area contributed by atoms with Crippen LogP contribution in [0.4, 0.5) is 0 Å². The first kappa shape index (κ1) is 9.45. The van der Waals surface area contributed by atoms with Gasteiger partial charge in [0.1, 0.15) is 0 Å². The number of hydroxylamine groups is 1. The van der Waals surface area contributed by atoms with Crippen LogP contribution in [0.1, 0.15) is 0 Å². The number of carbonyl (C=O) groups is 1. The maximum Gasteiger partial charge on any atom is 0.260 e. The van der Waals surface area contributed by atoms with Gasteiger partial charge in [-0.3, -0.25) is 4.79 Å². The van der Waals surface area contributed by atoms with Crippen LogP contribution in [-0.2, 0) is 4.79 Å². The third-order valence-electron chi connectivity index (χ3n) is 0.703. The third-order valence-corrected chi connectivity index (χ3v) is 1.31. The van der Waals surface area contributed by atoms with Gasteiger partial charge in [0.25, 0.3) is 10.2 Å². The van der Waals surface area contributed by atoms with Gasteiger partial charge in [0.15, 0.2) is 0 Å². The summed E-state index contributed by atoms with van der Waals surface area (Å²) in [6.45, 7) is -0.661. The van der Waals surface area contributed by atoms with Crippen LogP contribution in [0.5, 0.6) is 0 Å². The van der Waals surface area contributed by atoms with Crippen molar-refractivity contribution < 1.29 is 9.66 Å². The number of nitrogens with zero attached hydrogens (tertiary/aromatic N) is 1. The van der Waals surface area contributed by atoms with Gasteiger partial charge >= 0.3 is 0 Å². The van der Waals surface area contributed by atoms with Crippen LogP contribution < -0.4 is 5.73 Å². The Morgan fingerprint density at radius 2 is 2.20 bits per heavy atom. The third kappa shape index (κ3) is 2.84. The lowest BCUT2D eigenvalue weighted by atomic mass is 10.4. The Hall–Kier alpha value is -0.550. The van der Waals surface area contributed by atoms with E-state index in [-0.39, 0.29) is 4.86 Å². The lowest BCUT2D eigenvalue weighted by Crippen LogP contribution is -2.39. The number of nitrogens with two attached hydrogens (primary N) is 1. The van der Waals surface area contributed by atoms with Crippen LogP contribution in [0.2, 0.25) is 0 Å². The second-order valence-electron chi connectivity index (χ2n) is 1.61. The zero-order valence-electron chi connectivity index (χ0n) is 4.80. The monoisotopic (exact) mass is 185 g/mol. The molecule has 0 aromatic carbocycles. The number of amides is 1. The summed E-state index contributed by atoms with van der Waals surface area (Å²) in [5.41, 5.74) is 11.0. The van der Waals surface area contributed by atoms with E-state index in [1.165, 1.54) is 0 Å². The first-order valence-electron chi connectivity index (χ1n) is 2.20. The Kier molecular flexibility index (Phi) is 2.86. The summed E-state index contributed by atoms with van der Waals surface area (Å²) in [4.78, 5) is 9.95. The lowest BCUT2D eigenvalue weighted by Gasteiger charge is -2.10. The highest BCUT2D eigenvalue weighted by Crippen LogP contribution is 2.19. The Balaban J connectivity index is 4.13. The zero-order chi connectivity index (χ0) is 8.36. The van der Waals surface area contributed by atoms with E-state index >= 15 is 0 Å². The molecular formula is C3H5Cl2N3O2. The molecule has 0 bridgehead atoms. The summed E-state index contributed by atoms with van der Waals surface area (Å²) in [6, 6.07) is 0. The SMILES string of the molecule is N=[N+]([O-])CC(Cl)(Cl)C(N)=O. The minimum Gasteiger partial charge on any atom is -0.600 e. The fraction of sp³-hybridized carbons (Fsp3) is 0.667. The van der Waals surface area contributed by atoms with Gasteiger partial charge in [0.2, 0.25) is 6.54 Å². The number of rotatable bonds is 3. The number of halogens is 2. The van der Waals surface area contributed by atoms with Crippen LogP contribution >= 0.6 is 23.2 Å². The maximum absolute atomic E-state index is 10.3. The molecule has 0 fully saturated rings. The van der Waals surface area contributed by atoms with Crippen LogP contribution in [0.25, 0.3) is 0 Å². The summed E-state index contributed by atoms with van der Waals surface area (Å²) in [5.74, 6) is -1.04. The molecule has 0 saturated heterocycles. The van der Waals surface area contributed by atoms with Crippen molar-refractivity contribution in [1.29, 1.82) is 5.53 Å². The van der Waals surface area contributed by atoms with Gasteiger partial charge < -0.3 is 10.9 Å². The van der Waals surface area contributed by atoms with Gasteiger partial charge in [-0.25, -0.2) is 0 Å². The van der Waals surface area contributed by atoms with Crippen LogP contribution in [0.3, 0.4) is 0 Å². The summed E-state index contributed by atoms with van der Waals surface area (Å²) in [5, 5.41) is 9.97. The van der Waals surface area contributed by atoms with Crippen molar-refractivity contribution in [3.63, 3.8) is 0 Å². The molecule has 0 atom stereocenters. The predicted octanol–water partition coefficient (Wildman–Crippen LogP) is 0.187. The van der Waals surface area contributed by atoms with E-state index < -0.39 is 16.8 Å². The van der Waals surface area contributed by atoms with Gasteiger partial charge in [0, 0.05) is 0 Å². The molecule has 5 nitrogen and oxygen atoms in total. The molecule has 0 heterocycles. The van der Waals surface area contributed by atoms with Crippen molar-refractivity contribution in [3.05, 3.63) is 5.21 Å². The molecule has 0 radical (unpaired) electrons. The Morgan fingerprint density at radius 3 is 2.30 bits per heavy atom. The Morgan fingerprint density at radius 1 is 1.80 bits per heavy atom. The number of primary amides is 1. The molecule has 0 spiro atoms. The molecule has 1 amide bonds. The van der Waals surface area contributed by atoms with Crippen molar-refractivity contribution in [2.75, 3.05) is 6.54 Å². The van der Waals surface area contributed by atoms with E-state index in [4.69, 9.17) is 28.7 Å². The molecule has 0 unspecified atom stereocenters. The van der Waals surface area contributed by atoms with Crippen molar-refractivity contribution in [2.45, 2.75) is 4.33 Å². The smallest absolute Gasteiger partial charge is 0.260 e. The summed E-state index contributed by atoms with van der Waals surface area (Å²) < 4.78 is -1.97. The highest BCUT2D eigenvalue weighted by molar-refractivity contribution is 6.58. The first-order valence-corrected chi connectivity index (χ1v) is 2.95. The van der Waals surface area contributed by atoms with E-state index in [9.17, 15) is 10.0 Å². The summed E-state index contributed by atoms with van der Waals surface area (Å²) >= 11 is 10.4. The van der Waals surface area contributed by atoms with Gasteiger partial charge in [-0.1, -0.05) is 28.1 Å². The van der Waals surface area contributed by atoms with Crippen LogP contribution in [0, 0.1) is 10.7 Å². The summed E-state index contributed by atoms with van der Waals surface area (Å²) in [6.07, 6.45) is 0. The molecule has 10 heavy (non-hydrogen) atoms. The molecule has 3 N–H and O–H groups in total. The molecule has 0 rings (SSSR count). The molecular weight excluding hydrogens is 181 g/mol. The van der Waals surface area contributed by atoms with Gasteiger partial charge in [-0.15, -0.1) is 0 Å². The van der Waals surface area contributed by atoms with E-state index in [0.717, 1.165) is 0 Å². The van der Waals surface area contributed by atoms with Gasteiger partial charge in [-0.05, 0) is 5.53 Å². The van der Waals surface area contributed by atoms with E-state index in [2.05, 4.69) is 5.73 Å². The molecule has 58 valence electrons. The standard InChI is InChI=1S/C3H5Cl2N3O2/c4-3(5,2(6)9)1-8(7)10/h7H,1H2,(H2,6,9). The average Bonchev–Trinajstić information content (AvgIpc) is 1.60. The molecule has 0 aromatic rings. The number of hydrogen-bond acceptors (Lipinski definition) is 3. The topological polar surface area (TPSA) is 93.0 Å². The van der Waals surface area contributed by atoms with Crippen molar-refractivity contribution in [1.82, 2.24) is 0 Å². The van der Waals surface area contributed by atoms with Crippen LogP contribution in [-0.4, -0.2) is 21.6 Å². The number of alkyl halides is 2. The van der Waals surface area contributed by atoms with Gasteiger partial charge in [0.05, 0.1) is 0 Å². The minimum absolute atomic E-state index is 0.315. The van der Waals surface area contributed by atoms with E-state index in [1.54, 1.807) is 0 Å². The number of carbonyl (C=O) groups excluding carboxylic acids is 1. The molecule has 0 saturated carbocycles. The minimum atomic E-state index is -1.97. The second kappa shape index (κ2) is 3.03. The summed E-state index contributed by atoms with van der Waals surface area (Å²) in [7, 11) is 0. The maximum atomic E-state index is 10.3. The van der Waals surface area contributed by atoms with E-state index in [1.807, 2.05) is 0 Å². The second-order valence-corrected chi connectivity index (χ2v) is 3.09. The average molecular weight is 186 g/mol.